The summed E-state index contributed by atoms with van der Waals surface area (Å²) in [5.41, 5.74) is 0.407. The van der Waals surface area contributed by atoms with Crippen LogP contribution in [0.3, 0.4) is 0 Å². The van der Waals surface area contributed by atoms with E-state index in [4.69, 9.17) is 5.11 Å². The van der Waals surface area contributed by atoms with Crippen LogP contribution in [0.4, 0.5) is 4.39 Å². The molecule has 0 spiro atoms. The smallest absolute Gasteiger partial charge is 0.304 e. The van der Waals surface area contributed by atoms with Gasteiger partial charge in [-0.2, -0.15) is 0 Å². The predicted molar refractivity (Wildman–Crippen MR) is 55.9 cm³/mol. The lowest BCUT2D eigenvalue weighted by Crippen LogP contribution is -2.25. The summed E-state index contributed by atoms with van der Waals surface area (Å²) in [7, 11) is 0. The Morgan fingerprint density at radius 1 is 1.25 bits per heavy atom. The number of carbonyl (C=O) groups excluding carboxylic acids is 1. The van der Waals surface area contributed by atoms with Crippen LogP contribution in [0.2, 0.25) is 0 Å². The lowest BCUT2D eigenvalue weighted by atomic mass is 10.1. The Hall–Kier alpha value is -1.75. The lowest BCUT2D eigenvalue weighted by Gasteiger charge is -2.02. The Morgan fingerprint density at radius 2 is 1.88 bits per heavy atom. The number of aliphatic carboxylic acids is 1. The normalized spacial score (nSPS) is 10.1. The number of nitrogens with one attached hydrogen (secondary N) is 1. The van der Waals surface area contributed by atoms with Gasteiger partial charge in [-0.3, -0.25) is 9.59 Å². The second-order valence-electron chi connectivity index (χ2n) is 3.25. The van der Waals surface area contributed by atoms with Gasteiger partial charge in [-0.1, -0.05) is 0 Å². The third kappa shape index (κ3) is 4.18. The Labute approximate surface area is 92.1 Å². The van der Waals surface area contributed by atoms with E-state index in [0.717, 1.165) is 0 Å². The van der Waals surface area contributed by atoms with Crippen LogP contribution < -0.4 is 5.32 Å². The van der Waals surface area contributed by atoms with Crippen LogP contribution in [-0.2, 0) is 4.79 Å². The molecule has 0 unspecified atom stereocenters. The number of hydrogen-bond acceptors (Lipinski definition) is 3. The number of rotatable bonds is 6. The van der Waals surface area contributed by atoms with E-state index in [2.05, 4.69) is 5.32 Å². The number of carbonyl (C=O) groups is 2. The summed E-state index contributed by atoms with van der Waals surface area (Å²) in [4.78, 5) is 21.7. The fraction of sp³-hybridized carbons (Fsp3) is 0.273. The molecule has 0 saturated carbocycles. The van der Waals surface area contributed by atoms with Crippen molar-refractivity contribution in [2.24, 2.45) is 0 Å². The van der Waals surface area contributed by atoms with Gasteiger partial charge in [0, 0.05) is 12.1 Å². The molecular formula is C11H12FNO3. The minimum Gasteiger partial charge on any atom is -0.481 e. The molecule has 0 aromatic heterocycles. The summed E-state index contributed by atoms with van der Waals surface area (Å²) >= 11 is 0. The Morgan fingerprint density at radius 3 is 2.44 bits per heavy atom. The van der Waals surface area contributed by atoms with Gasteiger partial charge in [0.2, 0.25) is 0 Å². The molecular weight excluding hydrogens is 213 g/mol. The number of carboxylic acids is 1. The standard InChI is InChI=1S/C11H12FNO3/c12-9-3-1-8(2-4-9)10(14)7-13-6-5-11(15)16/h1-4,13H,5-7H2,(H,15,16). The zero-order chi connectivity index (χ0) is 12.0. The Bertz CT molecular complexity index is 375. The first kappa shape index (κ1) is 12.3. The highest BCUT2D eigenvalue weighted by molar-refractivity contribution is 5.97. The van der Waals surface area contributed by atoms with Crippen LogP contribution in [0.5, 0.6) is 0 Å². The van der Waals surface area contributed by atoms with Crippen LogP contribution >= 0.6 is 0 Å². The molecule has 1 aromatic rings. The summed E-state index contributed by atoms with van der Waals surface area (Å²) in [6.07, 6.45) is -0.0311. The van der Waals surface area contributed by atoms with Crippen molar-refractivity contribution < 1.29 is 19.1 Å². The number of carboxylic acid groups (broad SMARTS) is 1. The van der Waals surface area contributed by atoms with Crippen LogP contribution in [0.25, 0.3) is 0 Å². The topological polar surface area (TPSA) is 66.4 Å². The minimum atomic E-state index is -0.915. The van der Waals surface area contributed by atoms with Crippen molar-refractivity contribution in [2.75, 3.05) is 13.1 Å². The number of Topliss-reactive ketones (excluding diaryl/α,β-unsaturated/α-hetero) is 1. The van der Waals surface area contributed by atoms with Crippen molar-refractivity contribution in [2.45, 2.75) is 6.42 Å². The average Bonchev–Trinajstić information content (AvgIpc) is 2.25. The number of benzene rings is 1. The summed E-state index contributed by atoms with van der Waals surface area (Å²) in [6, 6.07) is 5.22. The van der Waals surface area contributed by atoms with Crippen LogP contribution in [-0.4, -0.2) is 29.9 Å². The molecule has 0 radical (unpaired) electrons. The molecule has 0 aliphatic heterocycles. The Balaban J connectivity index is 2.35. The lowest BCUT2D eigenvalue weighted by molar-refractivity contribution is -0.136. The molecule has 1 aromatic carbocycles. The average molecular weight is 225 g/mol. The number of ketones is 1. The fourth-order valence-corrected chi connectivity index (χ4v) is 1.14. The number of hydrogen-bond donors (Lipinski definition) is 2. The van der Waals surface area contributed by atoms with Crippen molar-refractivity contribution in [3.8, 4) is 0 Å². The molecule has 0 atom stereocenters. The van der Waals surface area contributed by atoms with Crippen LogP contribution in [0.15, 0.2) is 24.3 Å². The van der Waals surface area contributed by atoms with Crippen molar-refractivity contribution in [3.63, 3.8) is 0 Å². The van der Waals surface area contributed by atoms with Gasteiger partial charge in [-0.15, -0.1) is 0 Å². The van der Waals surface area contributed by atoms with Crippen LogP contribution in [0, 0.1) is 5.82 Å². The largest absolute Gasteiger partial charge is 0.481 e. The van der Waals surface area contributed by atoms with E-state index >= 15 is 0 Å². The molecule has 0 amide bonds. The van der Waals surface area contributed by atoms with E-state index in [1.165, 1.54) is 24.3 Å². The van der Waals surface area contributed by atoms with E-state index in [0.29, 0.717) is 5.56 Å². The Kier molecular flexibility index (Phi) is 4.60. The third-order valence-corrected chi connectivity index (χ3v) is 1.97. The maximum atomic E-state index is 12.6. The van der Waals surface area contributed by atoms with Gasteiger partial charge in [0.1, 0.15) is 5.82 Å². The fourth-order valence-electron chi connectivity index (χ4n) is 1.14. The van der Waals surface area contributed by atoms with E-state index in [9.17, 15) is 14.0 Å². The predicted octanol–water partition coefficient (Wildman–Crippen LogP) is 1.07. The van der Waals surface area contributed by atoms with E-state index in [1.807, 2.05) is 0 Å². The molecule has 2 N–H and O–H groups in total. The summed E-state index contributed by atoms with van der Waals surface area (Å²) < 4.78 is 12.6. The molecule has 86 valence electrons. The van der Waals surface area contributed by atoms with Crippen molar-refractivity contribution >= 4 is 11.8 Å². The molecule has 0 saturated heterocycles. The van der Waals surface area contributed by atoms with E-state index in [1.54, 1.807) is 0 Å². The first-order valence-corrected chi connectivity index (χ1v) is 4.81. The molecule has 0 aliphatic carbocycles. The van der Waals surface area contributed by atoms with Gasteiger partial charge < -0.3 is 10.4 Å². The highest BCUT2D eigenvalue weighted by Crippen LogP contribution is 2.02. The van der Waals surface area contributed by atoms with Crippen molar-refractivity contribution in [1.29, 1.82) is 0 Å². The summed E-state index contributed by atoms with van der Waals surface area (Å²) in [5, 5.41) is 11.1. The van der Waals surface area contributed by atoms with Gasteiger partial charge in [0.15, 0.2) is 5.78 Å². The highest BCUT2D eigenvalue weighted by atomic mass is 19.1. The number of halogens is 1. The molecule has 5 heteroatoms. The first-order chi connectivity index (χ1) is 7.59. The van der Waals surface area contributed by atoms with E-state index < -0.39 is 11.8 Å². The molecule has 4 nitrogen and oxygen atoms in total. The molecule has 0 heterocycles. The van der Waals surface area contributed by atoms with Crippen molar-refractivity contribution in [3.05, 3.63) is 35.6 Å². The quantitative estimate of drug-likeness (QED) is 0.561. The van der Waals surface area contributed by atoms with Crippen LogP contribution in [0.1, 0.15) is 16.8 Å². The monoisotopic (exact) mass is 225 g/mol. The zero-order valence-electron chi connectivity index (χ0n) is 8.57. The molecule has 0 bridgehead atoms. The van der Waals surface area contributed by atoms with Crippen molar-refractivity contribution in [1.82, 2.24) is 5.32 Å². The SMILES string of the molecule is O=C(O)CCNCC(=O)c1ccc(F)cc1. The van der Waals surface area contributed by atoms with Gasteiger partial charge in [0.05, 0.1) is 13.0 Å². The molecule has 0 fully saturated rings. The van der Waals surface area contributed by atoms with Gasteiger partial charge >= 0.3 is 5.97 Å². The highest BCUT2D eigenvalue weighted by Gasteiger charge is 2.05. The summed E-state index contributed by atoms with van der Waals surface area (Å²) in [5.74, 6) is -1.50. The first-order valence-electron chi connectivity index (χ1n) is 4.81. The zero-order valence-corrected chi connectivity index (χ0v) is 8.57. The molecule has 16 heavy (non-hydrogen) atoms. The third-order valence-electron chi connectivity index (χ3n) is 1.97. The molecule has 1 rings (SSSR count). The second kappa shape index (κ2) is 5.97. The summed E-state index contributed by atoms with van der Waals surface area (Å²) in [6.45, 7) is 0.293. The van der Waals surface area contributed by atoms with Gasteiger partial charge in [-0.05, 0) is 24.3 Å². The second-order valence-corrected chi connectivity index (χ2v) is 3.25. The van der Waals surface area contributed by atoms with Gasteiger partial charge in [-0.25, -0.2) is 4.39 Å². The minimum absolute atomic E-state index is 0.0311. The van der Waals surface area contributed by atoms with E-state index in [-0.39, 0.29) is 25.3 Å². The van der Waals surface area contributed by atoms with Gasteiger partial charge in [0.25, 0.3) is 0 Å². The maximum Gasteiger partial charge on any atom is 0.304 e. The maximum absolute atomic E-state index is 12.6. The molecule has 0 aliphatic rings.